The molecule has 0 amide bonds. The van der Waals surface area contributed by atoms with Crippen molar-refractivity contribution in [2.45, 2.75) is 44.6 Å². The van der Waals surface area contributed by atoms with Gasteiger partial charge < -0.3 is 5.11 Å². The summed E-state index contributed by atoms with van der Waals surface area (Å²) in [5, 5.41) is 9.10. The van der Waals surface area contributed by atoms with E-state index in [0.29, 0.717) is 11.7 Å². The Balaban J connectivity index is 2.72. The van der Waals surface area contributed by atoms with Crippen LogP contribution in [0, 0.1) is 5.92 Å². The first-order chi connectivity index (χ1) is 8.82. The molecule has 0 saturated carbocycles. The normalized spacial score (nSPS) is 16.1. The Morgan fingerprint density at radius 2 is 1.68 bits per heavy atom. The molecule has 4 heteroatoms. The van der Waals surface area contributed by atoms with Crippen molar-refractivity contribution in [3.63, 3.8) is 0 Å². The first kappa shape index (κ1) is 15.9. The molecular weight excluding hydrogens is 260 g/mol. The van der Waals surface area contributed by atoms with Gasteiger partial charge in [-0.05, 0) is 24.0 Å². The first-order valence-electron chi connectivity index (χ1n) is 6.51. The number of aliphatic carboxylic acids is 1. The molecule has 0 aliphatic carbocycles. The molecule has 0 spiro atoms. The van der Waals surface area contributed by atoms with E-state index in [-0.39, 0.29) is 5.25 Å². The van der Waals surface area contributed by atoms with Crippen LogP contribution >= 0.6 is 0 Å². The van der Waals surface area contributed by atoms with E-state index in [1.807, 2.05) is 31.2 Å². The second-order valence-corrected chi connectivity index (χ2v) is 7.07. The molecule has 3 unspecified atom stereocenters. The Labute approximate surface area is 117 Å². The summed E-state index contributed by atoms with van der Waals surface area (Å²) in [6, 6.07) is 7.37. The Bertz CT molecular complexity index is 451. The average Bonchev–Trinajstić information content (AvgIpc) is 2.37. The number of benzene rings is 1. The molecular formula is C15H22O3S. The SMILES string of the molecule is CC(C(=O)O)c1ccc(CS(=O)C(C)C(C)C)cc1. The first-order valence-corrected chi connectivity index (χ1v) is 7.90. The zero-order valence-electron chi connectivity index (χ0n) is 11.9. The summed E-state index contributed by atoms with van der Waals surface area (Å²) in [5.41, 5.74) is 1.77. The van der Waals surface area contributed by atoms with Crippen LogP contribution in [0.5, 0.6) is 0 Å². The zero-order chi connectivity index (χ0) is 14.6. The Hall–Kier alpha value is -1.16. The van der Waals surface area contributed by atoms with Crippen LogP contribution in [0.3, 0.4) is 0 Å². The topological polar surface area (TPSA) is 54.4 Å². The number of carboxylic acid groups (broad SMARTS) is 1. The maximum Gasteiger partial charge on any atom is 0.310 e. The average molecular weight is 282 g/mol. The highest BCUT2D eigenvalue weighted by molar-refractivity contribution is 7.84. The van der Waals surface area contributed by atoms with E-state index in [1.165, 1.54) is 0 Å². The summed E-state index contributed by atoms with van der Waals surface area (Å²) in [4.78, 5) is 10.9. The third-order valence-electron chi connectivity index (χ3n) is 3.51. The highest BCUT2D eigenvalue weighted by Gasteiger charge is 2.16. The fourth-order valence-corrected chi connectivity index (χ4v) is 3.04. The molecule has 0 saturated heterocycles. The molecule has 0 heterocycles. The molecule has 1 N–H and O–H groups in total. The van der Waals surface area contributed by atoms with Crippen LogP contribution in [0.4, 0.5) is 0 Å². The highest BCUT2D eigenvalue weighted by Crippen LogP contribution is 2.18. The van der Waals surface area contributed by atoms with Crippen molar-refractivity contribution in [2.75, 3.05) is 0 Å². The van der Waals surface area contributed by atoms with E-state index in [9.17, 15) is 9.00 Å². The van der Waals surface area contributed by atoms with Crippen molar-refractivity contribution in [2.24, 2.45) is 5.92 Å². The molecule has 1 aromatic carbocycles. The molecule has 19 heavy (non-hydrogen) atoms. The van der Waals surface area contributed by atoms with Crippen molar-refractivity contribution in [3.05, 3.63) is 35.4 Å². The molecule has 0 fully saturated rings. The van der Waals surface area contributed by atoms with Gasteiger partial charge in [0.25, 0.3) is 0 Å². The van der Waals surface area contributed by atoms with Crippen LogP contribution in [0.2, 0.25) is 0 Å². The van der Waals surface area contributed by atoms with E-state index in [1.54, 1.807) is 6.92 Å². The van der Waals surface area contributed by atoms with Crippen molar-refractivity contribution >= 4 is 16.8 Å². The minimum atomic E-state index is -0.888. The molecule has 1 rings (SSSR count). The maximum atomic E-state index is 12.1. The lowest BCUT2D eigenvalue weighted by Crippen LogP contribution is -2.19. The van der Waals surface area contributed by atoms with Crippen LogP contribution in [0.1, 0.15) is 44.7 Å². The molecule has 3 nitrogen and oxygen atoms in total. The third kappa shape index (κ3) is 4.46. The molecule has 106 valence electrons. The van der Waals surface area contributed by atoms with Gasteiger partial charge in [-0.1, -0.05) is 45.0 Å². The second-order valence-electron chi connectivity index (χ2n) is 5.28. The lowest BCUT2D eigenvalue weighted by Gasteiger charge is -2.15. The minimum absolute atomic E-state index is 0.164. The van der Waals surface area contributed by atoms with Gasteiger partial charge in [0, 0.05) is 21.8 Å². The Morgan fingerprint density at radius 1 is 1.16 bits per heavy atom. The van der Waals surface area contributed by atoms with Crippen LogP contribution in [-0.4, -0.2) is 20.5 Å². The van der Waals surface area contributed by atoms with Crippen LogP contribution in [-0.2, 0) is 21.3 Å². The highest BCUT2D eigenvalue weighted by atomic mass is 32.2. The van der Waals surface area contributed by atoms with Gasteiger partial charge in [-0.3, -0.25) is 9.00 Å². The Kier molecular flexibility index (Phi) is 5.73. The molecule has 0 aliphatic rings. The van der Waals surface area contributed by atoms with Crippen molar-refractivity contribution in [1.82, 2.24) is 0 Å². The molecule has 0 radical (unpaired) electrons. The van der Waals surface area contributed by atoms with Gasteiger partial charge in [0.15, 0.2) is 0 Å². The fraction of sp³-hybridized carbons (Fsp3) is 0.533. The minimum Gasteiger partial charge on any atom is -0.481 e. The molecule has 3 atom stereocenters. The summed E-state index contributed by atoms with van der Waals surface area (Å²) in [7, 11) is -0.888. The van der Waals surface area contributed by atoms with Gasteiger partial charge in [0.05, 0.1) is 5.92 Å². The van der Waals surface area contributed by atoms with Crippen molar-refractivity contribution in [3.8, 4) is 0 Å². The Morgan fingerprint density at radius 3 is 2.11 bits per heavy atom. The quantitative estimate of drug-likeness (QED) is 0.872. The number of carbonyl (C=O) groups is 1. The van der Waals surface area contributed by atoms with E-state index in [4.69, 9.17) is 5.11 Å². The van der Waals surface area contributed by atoms with Crippen molar-refractivity contribution < 1.29 is 14.1 Å². The summed E-state index contributed by atoms with van der Waals surface area (Å²) in [5.74, 6) is -0.410. The third-order valence-corrected chi connectivity index (χ3v) is 5.50. The van der Waals surface area contributed by atoms with E-state index < -0.39 is 22.7 Å². The largest absolute Gasteiger partial charge is 0.481 e. The van der Waals surface area contributed by atoms with E-state index in [0.717, 1.165) is 11.1 Å². The zero-order valence-corrected chi connectivity index (χ0v) is 12.7. The summed E-state index contributed by atoms with van der Waals surface area (Å²) >= 11 is 0. The van der Waals surface area contributed by atoms with Crippen molar-refractivity contribution in [1.29, 1.82) is 0 Å². The molecule has 0 aliphatic heterocycles. The van der Waals surface area contributed by atoms with Gasteiger partial charge in [-0.15, -0.1) is 0 Å². The van der Waals surface area contributed by atoms with Gasteiger partial charge in [0.1, 0.15) is 0 Å². The van der Waals surface area contributed by atoms with Gasteiger partial charge in [0.2, 0.25) is 0 Å². The van der Waals surface area contributed by atoms with Crippen LogP contribution in [0.25, 0.3) is 0 Å². The van der Waals surface area contributed by atoms with Crippen LogP contribution in [0.15, 0.2) is 24.3 Å². The van der Waals surface area contributed by atoms with Gasteiger partial charge in [-0.2, -0.15) is 0 Å². The molecule has 0 aromatic heterocycles. The molecule has 0 bridgehead atoms. The summed E-state index contributed by atoms with van der Waals surface area (Å²) < 4.78 is 12.1. The standard InChI is InChI=1S/C15H22O3S/c1-10(2)12(4)19(18)9-13-5-7-14(8-6-13)11(3)15(16)17/h5-8,10-12H,9H2,1-4H3,(H,16,17). The molecule has 1 aromatic rings. The number of hydrogen-bond donors (Lipinski definition) is 1. The predicted octanol–water partition coefficient (Wildman–Crippen LogP) is 3.17. The lowest BCUT2D eigenvalue weighted by molar-refractivity contribution is -0.138. The smallest absolute Gasteiger partial charge is 0.310 e. The van der Waals surface area contributed by atoms with Gasteiger partial charge >= 0.3 is 5.97 Å². The van der Waals surface area contributed by atoms with Gasteiger partial charge in [-0.25, -0.2) is 0 Å². The summed E-state index contributed by atoms with van der Waals surface area (Å²) in [6.45, 7) is 7.80. The van der Waals surface area contributed by atoms with Crippen LogP contribution < -0.4 is 0 Å². The maximum absolute atomic E-state index is 12.1. The predicted molar refractivity (Wildman–Crippen MR) is 78.6 cm³/mol. The number of carboxylic acids is 1. The van der Waals surface area contributed by atoms with E-state index in [2.05, 4.69) is 13.8 Å². The number of hydrogen-bond acceptors (Lipinski definition) is 2. The number of rotatable bonds is 6. The second kappa shape index (κ2) is 6.85. The van der Waals surface area contributed by atoms with E-state index >= 15 is 0 Å². The lowest BCUT2D eigenvalue weighted by atomic mass is 10.0. The summed E-state index contributed by atoms with van der Waals surface area (Å²) in [6.07, 6.45) is 0. The fourth-order valence-electron chi connectivity index (χ4n) is 1.64. The monoisotopic (exact) mass is 282 g/mol.